The lowest BCUT2D eigenvalue weighted by atomic mass is 9.68. The van der Waals surface area contributed by atoms with Crippen LogP contribution in [0.1, 0.15) is 61.6 Å². The zero-order valence-corrected chi connectivity index (χ0v) is 13.1. The zero-order chi connectivity index (χ0) is 14.4. The highest BCUT2D eigenvalue weighted by atomic mass is 32.1. The Balaban J connectivity index is 1.50. The smallest absolute Gasteiger partial charge is 0.307 e. The summed E-state index contributed by atoms with van der Waals surface area (Å²) in [6.07, 6.45) is 8.23. The minimum atomic E-state index is -0.632. The fraction of sp³-hybridized carbons (Fsp3) is 0.750. The van der Waals surface area contributed by atoms with E-state index in [1.165, 1.54) is 42.8 Å². The van der Waals surface area contributed by atoms with Crippen molar-refractivity contribution in [3.63, 3.8) is 0 Å². The summed E-state index contributed by atoms with van der Waals surface area (Å²) in [6.45, 7) is 1.55. The summed E-state index contributed by atoms with van der Waals surface area (Å²) in [4.78, 5) is 18.6. The van der Waals surface area contributed by atoms with Gasteiger partial charge < -0.3 is 5.11 Å². The van der Waals surface area contributed by atoms with Crippen LogP contribution in [0.4, 0.5) is 0 Å². The molecule has 0 amide bonds. The van der Waals surface area contributed by atoms with Crippen molar-refractivity contribution in [2.75, 3.05) is 6.54 Å². The SMILES string of the molecule is O=C(O)C1CCC2(CCC2)N(Cc2nc(C3CC3)cs2)C1. The lowest BCUT2D eigenvalue weighted by Crippen LogP contribution is -2.58. The van der Waals surface area contributed by atoms with Crippen LogP contribution in [0.5, 0.6) is 0 Å². The van der Waals surface area contributed by atoms with Gasteiger partial charge in [0.05, 0.1) is 18.2 Å². The van der Waals surface area contributed by atoms with Crippen LogP contribution in [-0.4, -0.2) is 33.0 Å². The third-order valence-electron chi connectivity index (χ3n) is 5.59. The van der Waals surface area contributed by atoms with E-state index in [-0.39, 0.29) is 11.5 Å². The second-order valence-corrected chi connectivity index (χ2v) is 7.92. The Morgan fingerprint density at radius 2 is 2.19 bits per heavy atom. The van der Waals surface area contributed by atoms with Crippen molar-refractivity contribution >= 4 is 17.3 Å². The minimum Gasteiger partial charge on any atom is -0.481 e. The molecule has 21 heavy (non-hydrogen) atoms. The van der Waals surface area contributed by atoms with E-state index in [9.17, 15) is 9.90 Å². The molecule has 2 heterocycles. The fourth-order valence-electron chi connectivity index (χ4n) is 3.86. The molecule has 1 spiro atoms. The Morgan fingerprint density at radius 3 is 2.81 bits per heavy atom. The topological polar surface area (TPSA) is 53.4 Å². The van der Waals surface area contributed by atoms with E-state index in [0.29, 0.717) is 12.5 Å². The maximum Gasteiger partial charge on any atom is 0.307 e. The first-order valence-corrected chi connectivity index (χ1v) is 8.96. The molecular formula is C16H22N2O2S. The van der Waals surface area contributed by atoms with E-state index >= 15 is 0 Å². The number of likely N-dealkylation sites (tertiary alicyclic amines) is 1. The Morgan fingerprint density at radius 1 is 1.38 bits per heavy atom. The highest BCUT2D eigenvalue weighted by Gasteiger charge is 2.47. The van der Waals surface area contributed by atoms with Crippen LogP contribution in [0, 0.1) is 5.92 Å². The largest absolute Gasteiger partial charge is 0.481 e. The summed E-state index contributed by atoms with van der Waals surface area (Å²) in [5, 5.41) is 12.7. The number of carboxylic acids is 1. The van der Waals surface area contributed by atoms with Gasteiger partial charge in [0, 0.05) is 23.4 Å². The van der Waals surface area contributed by atoms with Crippen molar-refractivity contribution in [1.82, 2.24) is 9.88 Å². The first-order valence-electron chi connectivity index (χ1n) is 8.08. The minimum absolute atomic E-state index is 0.195. The van der Waals surface area contributed by atoms with Crippen molar-refractivity contribution in [2.24, 2.45) is 5.92 Å². The molecule has 5 heteroatoms. The van der Waals surface area contributed by atoms with Gasteiger partial charge >= 0.3 is 5.97 Å². The highest BCUT2D eigenvalue weighted by Crippen LogP contribution is 2.46. The number of rotatable bonds is 4. The van der Waals surface area contributed by atoms with Crippen LogP contribution in [0.2, 0.25) is 0 Å². The number of aromatic nitrogens is 1. The standard InChI is InChI=1S/C16H22N2O2S/c19-15(20)12-4-7-16(5-1-6-16)18(8-12)9-14-17-13(10-21-14)11-2-3-11/h10-12H,1-9H2,(H,19,20). The second-order valence-electron chi connectivity index (χ2n) is 6.97. The number of carboxylic acid groups (broad SMARTS) is 1. The van der Waals surface area contributed by atoms with Gasteiger partial charge in [-0.15, -0.1) is 11.3 Å². The van der Waals surface area contributed by atoms with E-state index in [2.05, 4.69) is 10.3 Å². The number of hydrogen-bond donors (Lipinski definition) is 1. The number of nitrogens with zero attached hydrogens (tertiary/aromatic N) is 2. The molecule has 0 radical (unpaired) electrons. The van der Waals surface area contributed by atoms with Crippen molar-refractivity contribution in [3.8, 4) is 0 Å². The number of hydrogen-bond acceptors (Lipinski definition) is 4. The molecule has 1 aliphatic heterocycles. The van der Waals surface area contributed by atoms with Gasteiger partial charge in [0.1, 0.15) is 5.01 Å². The first kappa shape index (κ1) is 13.7. The molecule has 1 saturated heterocycles. The van der Waals surface area contributed by atoms with E-state index in [0.717, 1.165) is 19.4 Å². The predicted octanol–water partition coefficient (Wildman–Crippen LogP) is 3.24. The fourth-order valence-corrected chi connectivity index (χ4v) is 4.75. The molecule has 4 rings (SSSR count). The van der Waals surface area contributed by atoms with Crippen LogP contribution in [0.3, 0.4) is 0 Å². The summed E-state index contributed by atoms with van der Waals surface area (Å²) in [7, 11) is 0. The van der Waals surface area contributed by atoms with Gasteiger partial charge in [-0.25, -0.2) is 4.98 Å². The third-order valence-corrected chi connectivity index (χ3v) is 6.45. The molecule has 3 fully saturated rings. The second kappa shape index (κ2) is 5.06. The average molecular weight is 306 g/mol. The molecule has 0 aromatic carbocycles. The first-order chi connectivity index (χ1) is 10.2. The summed E-state index contributed by atoms with van der Waals surface area (Å²) >= 11 is 1.76. The maximum absolute atomic E-state index is 11.3. The summed E-state index contributed by atoms with van der Waals surface area (Å²) in [6, 6.07) is 0. The van der Waals surface area contributed by atoms with Gasteiger partial charge in [-0.05, 0) is 44.9 Å². The van der Waals surface area contributed by atoms with Crippen LogP contribution in [-0.2, 0) is 11.3 Å². The van der Waals surface area contributed by atoms with Crippen molar-refractivity contribution in [3.05, 3.63) is 16.1 Å². The monoisotopic (exact) mass is 306 g/mol. The molecule has 1 atom stereocenters. The van der Waals surface area contributed by atoms with Gasteiger partial charge in [0.25, 0.3) is 0 Å². The predicted molar refractivity (Wildman–Crippen MR) is 81.4 cm³/mol. The number of carbonyl (C=O) groups is 1. The third kappa shape index (κ3) is 2.50. The summed E-state index contributed by atoms with van der Waals surface area (Å²) < 4.78 is 0. The normalized spacial score (nSPS) is 28.5. The van der Waals surface area contributed by atoms with Crippen LogP contribution in [0.25, 0.3) is 0 Å². The number of piperidine rings is 1. The molecule has 1 aromatic rings. The van der Waals surface area contributed by atoms with Crippen molar-refractivity contribution < 1.29 is 9.90 Å². The maximum atomic E-state index is 11.3. The lowest BCUT2D eigenvalue weighted by molar-refractivity contribution is -0.147. The summed E-state index contributed by atoms with van der Waals surface area (Å²) in [5.41, 5.74) is 1.56. The van der Waals surface area contributed by atoms with Gasteiger partial charge in [0.2, 0.25) is 0 Å². The molecule has 3 aliphatic rings. The van der Waals surface area contributed by atoms with Gasteiger partial charge in [0.15, 0.2) is 0 Å². The molecular weight excluding hydrogens is 284 g/mol. The van der Waals surface area contributed by atoms with E-state index in [1.807, 2.05) is 0 Å². The molecule has 4 nitrogen and oxygen atoms in total. The molecule has 1 aromatic heterocycles. The Hall–Kier alpha value is -0.940. The zero-order valence-electron chi connectivity index (χ0n) is 12.3. The molecule has 2 aliphatic carbocycles. The van der Waals surface area contributed by atoms with Crippen molar-refractivity contribution in [2.45, 2.75) is 62.9 Å². The van der Waals surface area contributed by atoms with Crippen LogP contribution < -0.4 is 0 Å². The van der Waals surface area contributed by atoms with Gasteiger partial charge in [-0.3, -0.25) is 9.69 Å². The van der Waals surface area contributed by atoms with Gasteiger partial charge in [-0.1, -0.05) is 0 Å². The van der Waals surface area contributed by atoms with Crippen LogP contribution in [0.15, 0.2) is 5.38 Å². The number of aliphatic carboxylic acids is 1. The molecule has 1 N–H and O–H groups in total. The highest BCUT2D eigenvalue weighted by molar-refractivity contribution is 7.09. The van der Waals surface area contributed by atoms with Gasteiger partial charge in [-0.2, -0.15) is 0 Å². The summed E-state index contributed by atoms with van der Waals surface area (Å²) in [5.74, 6) is -0.119. The lowest BCUT2D eigenvalue weighted by Gasteiger charge is -2.54. The van der Waals surface area contributed by atoms with E-state index in [1.54, 1.807) is 11.3 Å². The molecule has 2 saturated carbocycles. The molecule has 0 bridgehead atoms. The van der Waals surface area contributed by atoms with Crippen LogP contribution >= 0.6 is 11.3 Å². The number of thiazole rings is 1. The van der Waals surface area contributed by atoms with Crippen molar-refractivity contribution in [1.29, 1.82) is 0 Å². The quantitative estimate of drug-likeness (QED) is 0.928. The average Bonchev–Trinajstić information content (AvgIpc) is 3.17. The molecule has 1 unspecified atom stereocenters. The van der Waals surface area contributed by atoms with E-state index < -0.39 is 5.97 Å². The molecule has 114 valence electrons. The Labute approximate surface area is 129 Å². The Kier molecular flexibility index (Phi) is 3.30. The Bertz CT molecular complexity index is 548. The van der Waals surface area contributed by atoms with E-state index in [4.69, 9.17) is 4.98 Å².